The second-order valence-corrected chi connectivity index (χ2v) is 13.1. The Kier molecular flexibility index (Phi) is 18.1. The van der Waals surface area contributed by atoms with Gasteiger partial charge in [0.1, 0.15) is 100 Å². The smallest absolute Gasteiger partial charge is 0.384 e. The highest BCUT2D eigenvalue weighted by Crippen LogP contribution is 2.38. The number of rotatable bonds is 25. The molecule has 61 heavy (non-hydrogen) atoms. The number of terminal acetylenes is 1. The van der Waals surface area contributed by atoms with Crippen LogP contribution in [-0.4, -0.2) is 122 Å². The minimum absolute atomic E-state index is 0.0657. The Morgan fingerprint density at radius 3 is 1.23 bits per heavy atom. The summed E-state index contributed by atoms with van der Waals surface area (Å²) < 4.78 is 43.7. The van der Waals surface area contributed by atoms with Crippen LogP contribution in [0.25, 0.3) is 21.5 Å². The largest absolute Gasteiger partial charge is 0.491 e. The lowest BCUT2D eigenvalue weighted by atomic mass is 9.93. The molecule has 4 unspecified atom stereocenters. The summed E-state index contributed by atoms with van der Waals surface area (Å²) in [4.78, 5) is 46.1. The molecule has 0 bridgehead atoms. The first-order valence-corrected chi connectivity index (χ1v) is 18.7. The zero-order valence-corrected chi connectivity index (χ0v) is 33.1. The molecule has 0 fully saturated rings. The summed E-state index contributed by atoms with van der Waals surface area (Å²) in [5.41, 5.74) is 1.12. The predicted octanol–water partition coefficient (Wildman–Crippen LogP) is 2.91. The SMILES string of the molecule is C#CC(=O)OCC(O)COc1ccc2ccc(OCC(O)COC(=O)C=C)cc2c1Cc1c(OCC(O)COC(=O)C=C)ccc2ccc(OCC(O)COC(=O)C=C)cc12. The van der Waals surface area contributed by atoms with Gasteiger partial charge < -0.3 is 58.3 Å². The Labute approximate surface area is 351 Å². The highest BCUT2D eigenvalue weighted by atomic mass is 16.6. The lowest BCUT2D eigenvalue weighted by Gasteiger charge is -2.21. The molecule has 0 saturated heterocycles. The van der Waals surface area contributed by atoms with Gasteiger partial charge in [0.15, 0.2) is 0 Å². The lowest BCUT2D eigenvalue weighted by molar-refractivity contribution is -0.142. The van der Waals surface area contributed by atoms with Crippen molar-refractivity contribution in [2.24, 2.45) is 0 Å². The molecule has 16 nitrogen and oxygen atoms in total. The molecule has 4 atom stereocenters. The van der Waals surface area contributed by atoms with Crippen molar-refractivity contribution in [2.75, 3.05) is 52.9 Å². The Balaban J connectivity index is 1.78. The van der Waals surface area contributed by atoms with Gasteiger partial charge in [-0.2, -0.15) is 0 Å². The van der Waals surface area contributed by atoms with Crippen molar-refractivity contribution in [2.45, 2.75) is 30.8 Å². The minimum atomic E-state index is -1.27. The van der Waals surface area contributed by atoms with Gasteiger partial charge in [0, 0.05) is 41.7 Å². The van der Waals surface area contributed by atoms with Crippen LogP contribution in [-0.2, 0) is 44.5 Å². The van der Waals surface area contributed by atoms with E-state index in [1.165, 1.54) is 0 Å². The third-order valence-corrected chi connectivity index (χ3v) is 8.50. The maximum Gasteiger partial charge on any atom is 0.384 e. The third-order valence-electron chi connectivity index (χ3n) is 8.50. The molecule has 4 rings (SSSR count). The van der Waals surface area contributed by atoms with E-state index in [9.17, 15) is 39.6 Å². The van der Waals surface area contributed by atoms with Gasteiger partial charge in [0.2, 0.25) is 0 Å². The van der Waals surface area contributed by atoms with E-state index in [-0.39, 0.29) is 52.7 Å². The second-order valence-electron chi connectivity index (χ2n) is 13.1. The van der Waals surface area contributed by atoms with E-state index < -0.39 is 54.9 Å². The van der Waals surface area contributed by atoms with Crippen LogP contribution < -0.4 is 18.9 Å². The van der Waals surface area contributed by atoms with E-state index in [4.69, 9.17) is 44.3 Å². The van der Waals surface area contributed by atoms with Crippen LogP contribution in [0.3, 0.4) is 0 Å². The number of fused-ring (bicyclic) bond motifs is 2. The first-order valence-electron chi connectivity index (χ1n) is 18.7. The Bertz CT molecular complexity index is 2240. The van der Waals surface area contributed by atoms with Crippen molar-refractivity contribution in [3.8, 4) is 35.3 Å². The molecule has 0 aromatic heterocycles. The van der Waals surface area contributed by atoms with Crippen molar-refractivity contribution in [1.29, 1.82) is 0 Å². The number of carbonyl (C=O) groups is 4. The minimum Gasteiger partial charge on any atom is -0.491 e. The van der Waals surface area contributed by atoms with Crippen LogP contribution in [0.5, 0.6) is 23.0 Å². The molecule has 322 valence electrons. The lowest BCUT2D eigenvalue weighted by Crippen LogP contribution is -2.25. The van der Waals surface area contributed by atoms with E-state index >= 15 is 0 Å². The molecular weight excluding hydrogens is 796 g/mol. The summed E-state index contributed by atoms with van der Waals surface area (Å²) in [6.07, 6.45) is 3.23. The third kappa shape index (κ3) is 14.7. The molecule has 0 amide bonds. The van der Waals surface area contributed by atoms with E-state index in [0.29, 0.717) is 44.9 Å². The van der Waals surface area contributed by atoms with E-state index in [1.54, 1.807) is 66.6 Å². The number of esters is 4. The fraction of sp³-hybridized carbons (Fsp3) is 0.289. The number of carbonyl (C=O) groups excluding carboxylic acids is 4. The number of hydrogen-bond donors (Lipinski definition) is 4. The molecule has 0 aliphatic carbocycles. The molecule has 16 heteroatoms. The van der Waals surface area contributed by atoms with Gasteiger partial charge in [-0.15, -0.1) is 6.42 Å². The van der Waals surface area contributed by atoms with Gasteiger partial charge >= 0.3 is 23.9 Å². The van der Waals surface area contributed by atoms with Gasteiger partial charge in [-0.25, -0.2) is 19.2 Å². The van der Waals surface area contributed by atoms with Gasteiger partial charge in [-0.05, 0) is 57.9 Å². The molecule has 0 radical (unpaired) electrons. The molecule has 0 aliphatic heterocycles. The monoisotopic (exact) mass is 842 g/mol. The summed E-state index contributed by atoms with van der Waals surface area (Å²) in [6, 6.07) is 17.3. The molecule has 0 saturated carbocycles. The van der Waals surface area contributed by atoms with Crippen molar-refractivity contribution in [1.82, 2.24) is 0 Å². The highest BCUT2D eigenvalue weighted by Gasteiger charge is 2.20. The average molecular weight is 843 g/mol. The maximum atomic E-state index is 11.6. The fourth-order valence-electron chi connectivity index (χ4n) is 5.55. The Hall–Kier alpha value is -6.90. The summed E-state index contributed by atoms with van der Waals surface area (Å²) in [5.74, 6) is 0.00202. The van der Waals surface area contributed by atoms with Crippen LogP contribution in [0.15, 0.2) is 98.6 Å². The van der Waals surface area contributed by atoms with E-state index in [1.807, 2.05) is 0 Å². The zero-order valence-electron chi connectivity index (χ0n) is 33.1. The van der Waals surface area contributed by atoms with Crippen LogP contribution in [0.2, 0.25) is 0 Å². The number of benzene rings is 4. The molecular formula is C45H46O16. The normalized spacial score (nSPS) is 12.7. The van der Waals surface area contributed by atoms with Crippen molar-refractivity contribution in [3.63, 3.8) is 0 Å². The van der Waals surface area contributed by atoms with Crippen molar-refractivity contribution in [3.05, 3.63) is 110 Å². The van der Waals surface area contributed by atoms with Gasteiger partial charge in [-0.1, -0.05) is 44.0 Å². The number of aliphatic hydroxyl groups excluding tert-OH is 4. The molecule has 4 N–H and O–H groups in total. The molecule has 4 aromatic rings. The first-order chi connectivity index (χ1) is 29.3. The molecule has 0 spiro atoms. The van der Waals surface area contributed by atoms with Crippen LogP contribution in [0.4, 0.5) is 0 Å². The molecule has 4 aromatic carbocycles. The van der Waals surface area contributed by atoms with Gasteiger partial charge in [-0.3, -0.25) is 0 Å². The van der Waals surface area contributed by atoms with Crippen molar-refractivity contribution >= 4 is 45.4 Å². The number of aliphatic hydroxyl groups is 4. The second kappa shape index (κ2) is 23.6. The summed E-state index contributed by atoms with van der Waals surface area (Å²) >= 11 is 0. The number of hydrogen-bond acceptors (Lipinski definition) is 16. The quantitative estimate of drug-likeness (QED) is 0.0248. The average Bonchev–Trinajstić information content (AvgIpc) is 3.28. The standard InChI is InChI=1S/C45H46O16/c1-5-42(50)58-24-30(46)20-54-34-13-9-28-11-15-40(56-22-32(48)26-60-44(52)7-3)38(36(28)17-34)19-39-37-18-35(55-21-31(47)25-59-43(51)6-2)14-10-29(37)12-16-41(39)57-23-33(49)27-61-45(53)8-4/h3,5-6,8-18,30-33,46-49H,1-2,4,19-27H2. The summed E-state index contributed by atoms with van der Waals surface area (Å²) in [6.45, 7) is 7.47. The van der Waals surface area contributed by atoms with Crippen molar-refractivity contribution < 1.29 is 77.5 Å². The van der Waals surface area contributed by atoms with Crippen LogP contribution in [0, 0.1) is 12.3 Å². The van der Waals surface area contributed by atoms with Crippen LogP contribution >= 0.6 is 0 Å². The summed E-state index contributed by atoms with van der Waals surface area (Å²) in [5, 5.41) is 44.7. The zero-order chi connectivity index (χ0) is 44.3. The Morgan fingerprint density at radius 1 is 0.525 bits per heavy atom. The fourth-order valence-corrected chi connectivity index (χ4v) is 5.55. The maximum absolute atomic E-state index is 11.6. The topological polar surface area (TPSA) is 223 Å². The Morgan fingerprint density at radius 2 is 0.869 bits per heavy atom. The predicted molar refractivity (Wildman–Crippen MR) is 220 cm³/mol. The van der Waals surface area contributed by atoms with Crippen LogP contribution in [0.1, 0.15) is 11.1 Å². The van der Waals surface area contributed by atoms with Gasteiger partial charge in [0.25, 0.3) is 0 Å². The van der Waals surface area contributed by atoms with E-state index in [0.717, 1.165) is 29.0 Å². The van der Waals surface area contributed by atoms with E-state index in [2.05, 4.69) is 19.7 Å². The number of ether oxygens (including phenoxy) is 8. The molecule has 0 aliphatic rings. The summed E-state index contributed by atoms with van der Waals surface area (Å²) in [7, 11) is 0. The first kappa shape index (κ1) is 46.8. The molecule has 0 heterocycles. The highest BCUT2D eigenvalue weighted by molar-refractivity contribution is 5.93. The van der Waals surface area contributed by atoms with Gasteiger partial charge in [0.05, 0.1) is 0 Å².